The number of anilines is 1. The lowest BCUT2D eigenvalue weighted by atomic mass is 9.96. The van der Waals surface area contributed by atoms with E-state index in [4.69, 9.17) is 4.74 Å². The number of hydrogen-bond acceptors (Lipinski definition) is 5. The fourth-order valence-corrected chi connectivity index (χ4v) is 3.69. The number of carbonyl (C=O) groups is 2. The number of nitrogens with one attached hydrogen (secondary N) is 2. The van der Waals surface area contributed by atoms with E-state index >= 15 is 0 Å². The molecule has 0 saturated carbocycles. The van der Waals surface area contributed by atoms with E-state index in [1.165, 1.54) is 6.92 Å². The molecule has 0 aliphatic carbocycles. The van der Waals surface area contributed by atoms with E-state index in [1.54, 1.807) is 11.1 Å². The number of ether oxygens (including phenoxy) is 1. The van der Waals surface area contributed by atoms with Gasteiger partial charge in [-0.3, -0.25) is 9.89 Å². The fraction of sp³-hybridized carbons (Fsp3) is 0.364. The van der Waals surface area contributed by atoms with Crippen molar-refractivity contribution in [3.63, 3.8) is 0 Å². The summed E-state index contributed by atoms with van der Waals surface area (Å²) < 4.78 is 5.52. The molecule has 1 aromatic carbocycles. The highest BCUT2D eigenvalue weighted by atomic mass is 16.6. The van der Waals surface area contributed by atoms with Gasteiger partial charge in [-0.25, -0.2) is 9.78 Å². The number of pyridine rings is 1. The summed E-state index contributed by atoms with van der Waals surface area (Å²) in [5.41, 5.74) is 4.71. The van der Waals surface area contributed by atoms with E-state index in [0.29, 0.717) is 25.2 Å². The molecule has 8 nitrogen and oxygen atoms in total. The number of H-pyrrole nitrogens is 1. The maximum absolute atomic E-state index is 12.5. The van der Waals surface area contributed by atoms with Crippen LogP contribution in [0.1, 0.15) is 38.8 Å². The van der Waals surface area contributed by atoms with Crippen molar-refractivity contribution in [3.8, 4) is 11.3 Å². The molecule has 1 aliphatic heterocycles. The van der Waals surface area contributed by atoms with Crippen molar-refractivity contribution < 1.29 is 14.3 Å². The Bertz CT molecular complexity index is 1130. The van der Waals surface area contributed by atoms with Crippen LogP contribution in [0.15, 0.2) is 30.5 Å². The first kappa shape index (κ1) is 19.9. The number of aromatic amines is 1. The Labute approximate surface area is 174 Å². The lowest BCUT2D eigenvalue weighted by molar-refractivity contribution is -0.114. The van der Waals surface area contributed by atoms with E-state index in [1.807, 2.05) is 45.0 Å². The monoisotopic (exact) mass is 407 g/mol. The zero-order chi connectivity index (χ0) is 21.5. The van der Waals surface area contributed by atoms with Gasteiger partial charge in [-0.05, 0) is 50.5 Å². The predicted molar refractivity (Wildman–Crippen MR) is 114 cm³/mol. The topological polar surface area (TPSA) is 100 Å². The summed E-state index contributed by atoms with van der Waals surface area (Å²) >= 11 is 0. The van der Waals surface area contributed by atoms with Gasteiger partial charge >= 0.3 is 6.09 Å². The molecule has 0 atom stereocenters. The molecule has 0 unspecified atom stereocenters. The molecule has 0 bridgehead atoms. The fourth-order valence-electron chi connectivity index (χ4n) is 3.69. The van der Waals surface area contributed by atoms with Gasteiger partial charge in [-0.2, -0.15) is 5.10 Å². The SMILES string of the molecule is CC(=O)Nc1cccc(-c2[nH]nc3ncc4c(c23)CCN(C(=O)OC(C)(C)C)C4)c1. The lowest BCUT2D eigenvalue weighted by Gasteiger charge is -2.31. The molecule has 2 amide bonds. The minimum Gasteiger partial charge on any atom is -0.444 e. The van der Waals surface area contributed by atoms with Gasteiger partial charge in [-0.1, -0.05) is 12.1 Å². The molecule has 2 N–H and O–H groups in total. The number of nitrogens with zero attached hydrogens (tertiary/aromatic N) is 3. The first-order valence-corrected chi connectivity index (χ1v) is 9.92. The summed E-state index contributed by atoms with van der Waals surface area (Å²) in [7, 11) is 0. The second kappa shape index (κ2) is 7.44. The zero-order valence-electron chi connectivity index (χ0n) is 17.6. The number of hydrogen-bond donors (Lipinski definition) is 2. The molecule has 8 heteroatoms. The van der Waals surface area contributed by atoms with Crippen molar-refractivity contribution in [2.45, 2.75) is 46.3 Å². The van der Waals surface area contributed by atoms with Gasteiger partial charge in [0.1, 0.15) is 5.60 Å². The third kappa shape index (κ3) is 3.98. The maximum atomic E-state index is 12.5. The van der Waals surface area contributed by atoms with Gasteiger partial charge in [0.25, 0.3) is 0 Å². The Morgan fingerprint density at radius 2 is 2.07 bits per heavy atom. The highest BCUT2D eigenvalue weighted by molar-refractivity contribution is 5.96. The van der Waals surface area contributed by atoms with E-state index in [9.17, 15) is 9.59 Å². The highest BCUT2D eigenvalue weighted by Gasteiger charge is 2.28. The first-order valence-electron chi connectivity index (χ1n) is 9.92. The Hall–Kier alpha value is -3.42. The van der Waals surface area contributed by atoms with Gasteiger partial charge in [0.05, 0.1) is 17.6 Å². The normalized spacial score (nSPS) is 13.8. The van der Waals surface area contributed by atoms with Crippen LogP contribution < -0.4 is 5.32 Å². The Morgan fingerprint density at radius 3 is 2.80 bits per heavy atom. The van der Waals surface area contributed by atoms with Crippen LogP contribution in [0.5, 0.6) is 0 Å². The molecule has 0 radical (unpaired) electrons. The van der Waals surface area contributed by atoms with Gasteiger partial charge in [0.15, 0.2) is 5.65 Å². The van der Waals surface area contributed by atoms with Crippen LogP contribution in [0.3, 0.4) is 0 Å². The summed E-state index contributed by atoms with van der Waals surface area (Å²) in [6.45, 7) is 8.08. The van der Waals surface area contributed by atoms with E-state index in [-0.39, 0.29) is 12.0 Å². The van der Waals surface area contributed by atoms with Crippen LogP contribution in [0.4, 0.5) is 10.5 Å². The Morgan fingerprint density at radius 1 is 1.27 bits per heavy atom. The standard InChI is InChI=1S/C22H25N5O3/c1-13(28)24-16-7-5-6-14(10-16)19-18-17-8-9-27(21(29)30-22(2,3)4)12-15(17)11-23-20(18)26-25-19/h5-7,10-11H,8-9,12H2,1-4H3,(H,24,28)(H,23,25,26). The van der Waals surface area contributed by atoms with Gasteiger partial charge < -0.3 is 15.0 Å². The van der Waals surface area contributed by atoms with Crippen LogP contribution in [0.25, 0.3) is 22.3 Å². The van der Waals surface area contributed by atoms with Crippen molar-refractivity contribution in [1.82, 2.24) is 20.1 Å². The van der Waals surface area contributed by atoms with Gasteiger partial charge in [0.2, 0.25) is 5.91 Å². The third-order valence-corrected chi connectivity index (χ3v) is 4.90. The molecule has 0 saturated heterocycles. The molecule has 0 spiro atoms. The smallest absolute Gasteiger partial charge is 0.410 e. The van der Waals surface area contributed by atoms with Crippen molar-refractivity contribution in [1.29, 1.82) is 0 Å². The predicted octanol–water partition coefficient (Wildman–Crippen LogP) is 3.88. The maximum Gasteiger partial charge on any atom is 0.410 e. The minimum atomic E-state index is -0.532. The molecule has 2 aromatic heterocycles. The molecular weight excluding hydrogens is 382 g/mol. The molecule has 0 fully saturated rings. The number of rotatable bonds is 2. The summed E-state index contributed by atoms with van der Waals surface area (Å²) in [5, 5.41) is 11.2. The Kier molecular flexibility index (Phi) is 4.93. The third-order valence-electron chi connectivity index (χ3n) is 4.90. The van der Waals surface area contributed by atoms with Crippen molar-refractivity contribution in [2.24, 2.45) is 0 Å². The lowest BCUT2D eigenvalue weighted by Crippen LogP contribution is -2.40. The first-order chi connectivity index (χ1) is 14.2. The van der Waals surface area contributed by atoms with Crippen LogP contribution in [-0.4, -0.2) is 44.2 Å². The summed E-state index contributed by atoms with van der Waals surface area (Å²) in [6.07, 6.45) is 2.15. The van der Waals surface area contributed by atoms with Crippen LogP contribution in [0.2, 0.25) is 0 Å². The van der Waals surface area contributed by atoms with E-state index in [2.05, 4.69) is 20.5 Å². The number of carbonyl (C=O) groups excluding carboxylic acids is 2. The van der Waals surface area contributed by atoms with Crippen molar-refractivity contribution in [3.05, 3.63) is 41.6 Å². The molecule has 30 heavy (non-hydrogen) atoms. The van der Waals surface area contributed by atoms with Crippen molar-refractivity contribution in [2.75, 3.05) is 11.9 Å². The average molecular weight is 407 g/mol. The number of fused-ring (bicyclic) bond motifs is 3. The molecule has 156 valence electrons. The summed E-state index contributed by atoms with van der Waals surface area (Å²) in [6, 6.07) is 7.60. The molecule has 1 aliphatic rings. The van der Waals surface area contributed by atoms with Crippen LogP contribution in [-0.2, 0) is 22.5 Å². The van der Waals surface area contributed by atoms with Crippen LogP contribution >= 0.6 is 0 Å². The second-order valence-electron chi connectivity index (χ2n) is 8.47. The second-order valence-corrected chi connectivity index (χ2v) is 8.47. The quantitative estimate of drug-likeness (QED) is 0.672. The number of amides is 2. The Balaban J connectivity index is 1.69. The van der Waals surface area contributed by atoms with Gasteiger partial charge in [0, 0.05) is 30.9 Å². The van der Waals surface area contributed by atoms with Crippen molar-refractivity contribution >= 4 is 28.7 Å². The molecule has 4 rings (SSSR count). The average Bonchev–Trinajstić information content (AvgIpc) is 3.10. The van der Waals surface area contributed by atoms with E-state index < -0.39 is 5.60 Å². The van der Waals surface area contributed by atoms with Crippen LogP contribution in [0, 0.1) is 0 Å². The summed E-state index contributed by atoms with van der Waals surface area (Å²) in [5.74, 6) is -0.122. The van der Waals surface area contributed by atoms with Gasteiger partial charge in [-0.15, -0.1) is 0 Å². The largest absolute Gasteiger partial charge is 0.444 e. The molecular formula is C22H25N5O3. The molecule has 3 aromatic rings. The number of aromatic nitrogens is 3. The summed E-state index contributed by atoms with van der Waals surface area (Å²) in [4.78, 5) is 30.1. The number of benzene rings is 1. The zero-order valence-corrected chi connectivity index (χ0v) is 17.6. The minimum absolute atomic E-state index is 0.122. The van der Waals surface area contributed by atoms with E-state index in [0.717, 1.165) is 33.5 Å². The highest BCUT2D eigenvalue weighted by Crippen LogP contribution is 2.33. The molecule has 3 heterocycles.